The van der Waals surface area contributed by atoms with Gasteiger partial charge in [0.15, 0.2) is 11.0 Å². The molecule has 0 saturated carbocycles. The van der Waals surface area contributed by atoms with E-state index in [4.69, 9.17) is 25.4 Å². The van der Waals surface area contributed by atoms with Gasteiger partial charge in [0.2, 0.25) is 5.95 Å². The van der Waals surface area contributed by atoms with Crippen molar-refractivity contribution in [2.24, 2.45) is 0 Å². The van der Waals surface area contributed by atoms with E-state index in [1.807, 2.05) is 24.3 Å². The summed E-state index contributed by atoms with van der Waals surface area (Å²) >= 11 is 1.36. The number of hydrogen-bond donors (Lipinski definition) is 1. The lowest BCUT2D eigenvalue weighted by molar-refractivity contribution is 0.0827. The third-order valence-electron chi connectivity index (χ3n) is 5.85. The van der Waals surface area contributed by atoms with Crippen molar-refractivity contribution in [2.45, 2.75) is 31.3 Å². The first kappa shape index (κ1) is 20.8. The third-order valence-corrected chi connectivity index (χ3v) is 6.68. The van der Waals surface area contributed by atoms with E-state index in [9.17, 15) is 4.79 Å². The second kappa shape index (κ2) is 8.44. The highest BCUT2D eigenvalue weighted by Gasteiger charge is 2.39. The number of morpholine rings is 1. The summed E-state index contributed by atoms with van der Waals surface area (Å²) < 4.78 is 5.73. The molecule has 2 aliphatic heterocycles. The van der Waals surface area contributed by atoms with E-state index < -0.39 is 0 Å². The zero-order chi connectivity index (χ0) is 22.2. The summed E-state index contributed by atoms with van der Waals surface area (Å²) in [6, 6.07) is 8.16. The molecule has 1 aromatic carbocycles. The molecular formula is C22H25N7O2S. The summed E-state index contributed by atoms with van der Waals surface area (Å²) in [6.45, 7) is 1.39. The normalized spacial score (nSPS) is 19.9. The van der Waals surface area contributed by atoms with Crippen LogP contribution in [0.5, 0.6) is 0 Å². The number of ether oxygens (including phenoxy) is 1. The van der Waals surface area contributed by atoms with Crippen molar-refractivity contribution < 1.29 is 9.53 Å². The smallest absolute Gasteiger partial charge is 0.253 e. The Balaban J connectivity index is 1.48. The topological polar surface area (TPSA) is 110 Å². The second-order valence-electron chi connectivity index (χ2n) is 8.34. The number of nitrogens with two attached hydrogens (primary N) is 1. The fraction of sp³-hybridized carbons (Fsp3) is 0.409. The Hall–Kier alpha value is -3.11. The molecule has 2 bridgehead atoms. The highest BCUT2D eigenvalue weighted by atomic mass is 32.1. The van der Waals surface area contributed by atoms with E-state index in [1.165, 1.54) is 11.3 Å². The van der Waals surface area contributed by atoms with E-state index in [1.54, 1.807) is 25.2 Å². The van der Waals surface area contributed by atoms with E-state index in [0.717, 1.165) is 23.3 Å². The standard InChI is InChI=1S/C22H25N7O2S/c1-28(2)20(30)14-5-3-13(4-6-14)9-18-25-19(17-10-24-21(23)32-17)27-22(26-18)29-15-7-8-16(29)12-31-11-15/h3-6,10,15-16H,7-9,11-12H2,1-2H3,(H2,23,24). The maximum absolute atomic E-state index is 12.2. The molecule has 2 atom stereocenters. The minimum Gasteiger partial charge on any atom is -0.377 e. The van der Waals surface area contributed by atoms with Gasteiger partial charge < -0.3 is 20.3 Å². The second-order valence-corrected chi connectivity index (χ2v) is 9.40. The first-order chi connectivity index (χ1) is 15.5. The lowest BCUT2D eigenvalue weighted by atomic mass is 10.1. The van der Waals surface area contributed by atoms with Crippen LogP contribution in [0.25, 0.3) is 10.7 Å². The summed E-state index contributed by atoms with van der Waals surface area (Å²) in [7, 11) is 3.49. The zero-order valence-corrected chi connectivity index (χ0v) is 18.9. The highest BCUT2D eigenvalue weighted by Crippen LogP contribution is 2.33. The first-order valence-electron chi connectivity index (χ1n) is 10.6. The molecule has 2 unspecified atom stereocenters. The number of rotatable bonds is 5. The van der Waals surface area contributed by atoms with Gasteiger partial charge in [0.25, 0.3) is 5.91 Å². The number of carbonyl (C=O) groups is 1. The van der Waals surface area contributed by atoms with Crippen LogP contribution in [0.15, 0.2) is 30.5 Å². The molecule has 2 fully saturated rings. The van der Waals surface area contributed by atoms with Gasteiger partial charge in [-0.15, -0.1) is 0 Å². The van der Waals surface area contributed by atoms with Gasteiger partial charge in [-0.3, -0.25) is 4.79 Å². The van der Waals surface area contributed by atoms with Gasteiger partial charge >= 0.3 is 0 Å². The van der Waals surface area contributed by atoms with Crippen LogP contribution in [0.2, 0.25) is 0 Å². The predicted molar refractivity (Wildman–Crippen MR) is 123 cm³/mol. The molecule has 2 saturated heterocycles. The number of aromatic nitrogens is 4. The Kier molecular flexibility index (Phi) is 5.48. The molecule has 10 heteroatoms. The van der Waals surface area contributed by atoms with Crippen molar-refractivity contribution in [2.75, 3.05) is 37.9 Å². The summed E-state index contributed by atoms with van der Waals surface area (Å²) in [5, 5.41) is 0.483. The monoisotopic (exact) mass is 451 g/mol. The van der Waals surface area contributed by atoms with Crippen LogP contribution in [0.4, 0.5) is 11.1 Å². The molecule has 5 rings (SSSR count). The average molecular weight is 452 g/mol. The van der Waals surface area contributed by atoms with Crippen molar-refractivity contribution in [1.82, 2.24) is 24.8 Å². The SMILES string of the molecule is CN(C)C(=O)c1ccc(Cc2nc(-c3cnc(N)s3)nc(N3C4CCC3COC4)n2)cc1. The molecule has 2 aliphatic rings. The Morgan fingerprint density at radius 3 is 2.50 bits per heavy atom. The van der Waals surface area contributed by atoms with Crippen LogP contribution < -0.4 is 10.6 Å². The van der Waals surface area contributed by atoms with E-state index in [0.29, 0.717) is 60.0 Å². The maximum Gasteiger partial charge on any atom is 0.253 e. The number of thiazole rings is 1. The Morgan fingerprint density at radius 2 is 1.88 bits per heavy atom. The van der Waals surface area contributed by atoms with Crippen LogP contribution in [0, 0.1) is 0 Å². The van der Waals surface area contributed by atoms with Gasteiger partial charge in [-0.2, -0.15) is 9.97 Å². The Morgan fingerprint density at radius 1 is 1.16 bits per heavy atom. The molecule has 1 amide bonds. The first-order valence-corrected chi connectivity index (χ1v) is 11.4. The van der Waals surface area contributed by atoms with Gasteiger partial charge in [0.1, 0.15) is 5.82 Å². The van der Waals surface area contributed by atoms with Crippen molar-refractivity contribution in [1.29, 1.82) is 0 Å². The molecule has 2 N–H and O–H groups in total. The molecule has 32 heavy (non-hydrogen) atoms. The number of benzene rings is 1. The van der Waals surface area contributed by atoms with Crippen molar-refractivity contribution in [3.05, 3.63) is 47.4 Å². The summed E-state index contributed by atoms with van der Waals surface area (Å²) in [5.74, 6) is 1.93. The van der Waals surface area contributed by atoms with Crippen molar-refractivity contribution >= 4 is 28.3 Å². The lowest BCUT2D eigenvalue weighted by Gasteiger charge is -2.34. The number of carbonyl (C=O) groups excluding carboxylic acids is 1. The van der Waals surface area contributed by atoms with Gasteiger partial charge in [-0.25, -0.2) is 9.97 Å². The van der Waals surface area contributed by atoms with Gasteiger partial charge in [0, 0.05) is 26.1 Å². The van der Waals surface area contributed by atoms with E-state index >= 15 is 0 Å². The third kappa shape index (κ3) is 4.03. The maximum atomic E-state index is 12.2. The lowest BCUT2D eigenvalue weighted by Crippen LogP contribution is -2.47. The minimum atomic E-state index is -0.0214. The molecule has 0 spiro atoms. The van der Waals surface area contributed by atoms with Crippen LogP contribution in [-0.2, 0) is 11.2 Å². The molecule has 3 aromatic rings. The van der Waals surface area contributed by atoms with Crippen LogP contribution in [0.1, 0.15) is 34.6 Å². The average Bonchev–Trinajstić information content (AvgIpc) is 3.33. The van der Waals surface area contributed by atoms with E-state index in [2.05, 4.69) is 9.88 Å². The Bertz CT molecular complexity index is 1120. The number of hydrogen-bond acceptors (Lipinski definition) is 9. The Labute approximate surface area is 190 Å². The molecular weight excluding hydrogens is 426 g/mol. The molecule has 4 heterocycles. The molecule has 9 nitrogen and oxygen atoms in total. The highest BCUT2D eigenvalue weighted by molar-refractivity contribution is 7.18. The number of fused-ring (bicyclic) bond motifs is 2. The summed E-state index contributed by atoms with van der Waals surface area (Å²) in [5.41, 5.74) is 7.53. The number of nitrogen functional groups attached to an aromatic ring is 1. The van der Waals surface area contributed by atoms with Gasteiger partial charge in [0.05, 0.1) is 36.4 Å². The minimum absolute atomic E-state index is 0.0214. The molecule has 2 aromatic heterocycles. The molecule has 166 valence electrons. The van der Waals surface area contributed by atoms with Crippen LogP contribution >= 0.6 is 11.3 Å². The fourth-order valence-electron chi connectivity index (χ4n) is 4.26. The number of anilines is 2. The van der Waals surface area contributed by atoms with Gasteiger partial charge in [-0.1, -0.05) is 23.5 Å². The van der Waals surface area contributed by atoms with Crippen LogP contribution in [0.3, 0.4) is 0 Å². The summed E-state index contributed by atoms with van der Waals surface area (Å²) in [4.78, 5) is 35.4. The number of amides is 1. The largest absolute Gasteiger partial charge is 0.377 e. The predicted octanol–water partition coefficient (Wildman–Crippen LogP) is 2.24. The molecule has 0 aliphatic carbocycles. The number of nitrogens with zero attached hydrogens (tertiary/aromatic N) is 6. The fourth-order valence-corrected chi connectivity index (χ4v) is 4.88. The zero-order valence-electron chi connectivity index (χ0n) is 18.1. The quantitative estimate of drug-likeness (QED) is 0.629. The van der Waals surface area contributed by atoms with Crippen molar-refractivity contribution in [3.63, 3.8) is 0 Å². The summed E-state index contributed by atoms with van der Waals surface area (Å²) in [6.07, 6.45) is 4.40. The van der Waals surface area contributed by atoms with Crippen LogP contribution in [-0.4, -0.2) is 70.1 Å². The molecule has 0 radical (unpaired) electrons. The van der Waals surface area contributed by atoms with Gasteiger partial charge in [-0.05, 0) is 30.5 Å². The van der Waals surface area contributed by atoms with Crippen molar-refractivity contribution in [3.8, 4) is 10.7 Å². The van der Waals surface area contributed by atoms with E-state index in [-0.39, 0.29) is 5.91 Å².